The van der Waals surface area contributed by atoms with Crippen molar-refractivity contribution in [2.75, 3.05) is 0 Å². The Morgan fingerprint density at radius 2 is 1.94 bits per heavy atom. The van der Waals surface area contributed by atoms with E-state index < -0.39 is 4.92 Å². The average molecular weight is 226 g/mol. The number of nitrogens with zero attached hydrogens (tertiary/aromatic N) is 3. The molecule has 0 aliphatic carbocycles. The van der Waals surface area contributed by atoms with Crippen molar-refractivity contribution in [3.05, 3.63) is 64.5 Å². The molecule has 0 N–H and O–H groups in total. The predicted octanol–water partition coefficient (Wildman–Crippen LogP) is 1.74. The minimum Gasteiger partial charge on any atom is -0.258 e. The molecule has 1 aromatic heterocycles. The molecule has 2 aromatic rings. The average Bonchev–Trinajstić information content (AvgIpc) is 2.39. The van der Waals surface area contributed by atoms with E-state index in [2.05, 4.69) is 0 Å². The summed E-state index contributed by atoms with van der Waals surface area (Å²) in [5.74, 6) is 0. The lowest BCUT2D eigenvalue weighted by atomic mass is 10.2. The van der Waals surface area contributed by atoms with Gasteiger partial charge in [0, 0.05) is 24.3 Å². The van der Waals surface area contributed by atoms with Crippen molar-refractivity contribution in [3.8, 4) is 11.8 Å². The number of nitriles is 1. The van der Waals surface area contributed by atoms with Crippen LogP contribution in [0.3, 0.4) is 0 Å². The highest BCUT2D eigenvalue weighted by molar-refractivity contribution is 5.51. The summed E-state index contributed by atoms with van der Waals surface area (Å²) in [5, 5.41) is 19.7. The van der Waals surface area contributed by atoms with E-state index in [-0.39, 0.29) is 11.3 Å². The molecular formula is C12H8N3O2+. The second-order valence-electron chi connectivity index (χ2n) is 3.36. The van der Waals surface area contributed by atoms with Gasteiger partial charge < -0.3 is 0 Å². The lowest BCUT2D eigenvalue weighted by Gasteiger charge is -1.97. The van der Waals surface area contributed by atoms with Crippen molar-refractivity contribution in [2.24, 2.45) is 0 Å². The second-order valence-corrected chi connectivity index (χ2v) is 3.36. The zero-order valence-corrected chi connectivity index (χ0v) is 8.78. The number of aromatic nitrogens is 1. The molecule has 17 heavy (non-hydrogen) atoms. The molecule has 0 aliphatic rings. The largest absolute Gasteiger partial charge is 0.341 e. The van der Waals surface area contributed by atoms with Crippen LogP contribution in [0.25, 0.3) is 5.69 Å². The summed E-state index contributed by atoms with van der Waals surface area (Å²) < 4.78 is 1.64. The van der Waals surface area contributed by atoms with Crippen molar-refractivity contribution < 1.29 is 9.49 Å². The monoisotopic (exact) mass is 226 g/mol. The van der Waals surface area contributed by atoms with Gasteiger partial charge in [0.1, 0.15) is 0 Å². The summed E-state index contributed by atoms with van der Waals surface area (Å²) in [4.78, 5) is 10.5. The van der Waals surface area contributed by atoms with Crippen LogP contribution in [0.15, 0.2) is 48.8 Å². The molecule has 0 saturated heterocycles. The molecule has 0 atom stereocenters. The Morgan fingerprint density at radius 1 is 1.24 bits per heavy atom. The molecule has 0 bridgehead atoms. The fourth-order valence-corrected chi connectivity index (χ4v) is 1.52. The number of nitro benzene ring substituents is 1. The van der Waals surface area contributed by atoms with Crippen molar-refractivity contribution in [1.29, 1.82) is 5.26 Å². The Labute approximate surface area is 97.3 Å². The number of hydrogen-bond donors (Lipinski definition) is 0. The standard InChI is InChI=1S/C12H8N3O2/c13-9-10-4-5-11(12(8-10)15(16)17)14-6-2-1-3-7-14/h1-8H/q+1. The van der Waals surface area contributed by atoms with Crippen molar-refractivity contribution >= 4 is 5.69 Å². The van der Waals surface area contributed by atoms with Crippen LogP contribution in [0.1, 0.15) is 5.56 Å². The first kappa shape index (κ1) is 10.8. The first-order valence-corrected chi connectivity index (χ1v) is 4.87. The van der Waals surface area contributed by atoms with Crippen molar-refractivity contribution in [2.45, 2.75) is 0 Å². The van der Waals surface area contributed by atoms with E-state index >= 15 is 0 Å². The number of rotatable bonds is 2. The zero-order valence-electron chi connectivity index (χ0n) is 8.78. The van der Waals surface area contributed by atoms with Gasteiger partial charge in [0.15, 0.2) is 12.4 Å². The van der Waals surface area contributed by atoms with Crippen LogP contribution in [-0.2, 0) is 0 Å². The fourth-order valence-electron chi connectivity index (χ4n) is 1.52. The van der Waals surface area contributed by atoms with Gasteiger partial charge in [0.25, 0.3) is 5.69 Å². The highest BCUT2D eigenvalue weighted by Crippen LogP contribution is 2.19. The number of nitro groups is 1. The van der Waals surface area contributed by atoms with E-state index in [0.717, 1.165) is 0 Å². The molecule has 5 heteroatoms. The van der Waals surface area contributed by atoms with E-state index in [1.807, 2.05) is 12.1 Å². The Balaban J connectivity index is 2.63. The van der Waals surface area contributed by atoms with Gasteiger partial charge in [0.05, 0.1) is 16.6 Å². The molecule has 1 aromatic carbocycles. The van der Waals surface area contributed by atoms with Crippen LogP contribution in [0.5, 0.6) is 0 Å². The topological polar surface area (TPSA) is 70.8 Å². The van der Waals surface area contributed by atoms with E-state index in [1.54, 1.807) is 41.2 Å². The summed E-state index contributed by atoms with van der Waals surface area (Å²) in [5.41, 5.74) is 0.631. The normalized spacial score (nSPS) is 9.59. The molecular weight excluding hydrogens is 218 g/mol. The van der Waals surface area contributed by atoms with E-state index in [1.165, 1.54) is 6.07 Å². The molecule has 1 heterocycles. The molecule has 82 valence electrons. The van der Waals surface area contributed by atoms with Gasteiger partial charge in [-0.2, -0.15) is 9.83 Å². The minimum atomic E-state index is -0.490. The quantitative estimate of drug-likeness (QED) is 0.445. The van der Waals surface area contributed by atoms with Gasteiger partial charge in [0.2, 0.25) is 0 Å². The summed E-state index contributed by atoms with van der Waals surface area (Å²) in [6.07, 6.45) is 3.43. The van der Waals surface area contributed by atoms with E-state index in [4.69, 9.17) is 5.26 Å². The number of hydrogen-bond acceptors (Lipinski definition) is 3. The number of benzene rings is 1. The molecule has 0 saturated carbocycles. The maximum absolute atomic E-state index is 10.9. The van der Waals surface area contributed by atoms with Gasteiger partial charge in [-0.1, -0.05) is 6.07 Å². The smallest absolute Gasteiger partial charge is 0.258 e. The highest BCUT2D eigenvalue weighted by Gasteiger charge is 2.22. The molecule has 0 unspecified atom stereocenters. The van der Waals surface area contributed by atoms with Gasteiger partial charge in [-0.3, -0.25) is 10.1 Å². The molecule has 0 aliphatic heterocycles. The molecule has 0 fully saturated rings. The summed E-state index contributed by atoms with van der Waals surface area (Å²) >= 11 is 0. The van der Waals surface area contributed by atoms with Crippen LogP contribution in [-0.4, -0.2) is 4.92 Å². The third-order valence-electron chi connectivity index (χ3n) is 2.29. The Bertz CT molecular complexity index is 603. The van der Waals surface area contributed by atoms with E-state index in [9.17, 15) is 10.1 Å². The SMILES string of the molecule is N#Cc1ccc(-[n+]2ccccc2)c([N+](=O)[O-])c1. The Hall–Kier alpha value is -2.74. The first-order chi connectivity index (χ1) is 8.22. The molecule has 0 spiro atoms. The highest BCUT2D eigenvalue weighted by atomic mass is 16.6. The zero-order chi connectivity index (χ0) is 12.3. The molecule has 5 nitrogen and oxygen atoms in total. The summed E-state index contributed by atoms with van der Waals surface area (Å²) in [6.45, 7) is 0. The van der Waals surface area contributed by atoms with Gasteiger partial charge >= 0.3 is 5.69 Å². The number of pyridine rings is 1. The maximum Gasteiger partial charge on any atom is 0.341 e. The van der Waals surface area contributed by atoms with Gasteiger partial charge in [-0.05, 0) is 6.07 Å². The Morgan fingerprint density at radius 3 is 2.53 bits per heavy atom. The van der Waals surface area contributed by atoms with Crippen LogP contribution < -0.4 is 4.57 Å². The maximum atomic E-state index is 10.9. The lowest BCUT2D eigenvalue weighted by molar-refractivity contribution is -0.600. The van der Waals surface area contributed by atoms with Gasteiger partial charge in [-0.25, -0.2) is 0 Å². The molecule has 0 radical (unpaired) electrons. The fraction of sp³-hybridized carbons (Fsp3) is 0. The third kappa shape index (κ3) is 2.11. The van der Waals surface area contributed by atoms with Crippen LogP contribution in [0.2, 0.25) is 0 Å². The Kier molecular flexibility index (Phi) is 2.79. The van der Waals surface area contributed by atoms with Crippen LogP contribution in [0, 0.1) is 21.4 Å². The van der Waals surface area contributed by atoms with Crippen LogP contribution >= 0.6 is 0 Å². The summed E-state index contributed by atoms with van der Waals surface area (Å²) in [7, 11) is 0. The van der Waals surface area contributed by atoms with Crippen molar-refractivity contribution in [1.82, 2.24) is 0 Å². The minimum absolute atomic E-state index is 0.0831. The molecule has 2 rings (SSSR count). The summed E-state index contributed by atoms with van der Waals surface area (Å²) in [6, 6.07) is 11.7. The second kappa shape index (κ2) is 4.41. The molecule has 0 amide bonds. The van der Waals surface area contributed by atoms with E-state index in [0.29, 0.717) is 5.69 Å². The van der Waals surface area contributed by atoms with Gasteiger partial charge in [-0.15, -0.1) is 0 Å². The predicted molar refractivity (Wildman–Crippen MR) is 59.3 cm³/mol. The van der Waals surface area contributed by atoms with Crippen molar-refractivity contribution in [3.63, 3.8) is 0 Å². The van der Waals surface area contributed by atoms with Crippen LogP contribution in [0.4, 0.5) is 5.69 Å². The lowest BCUT2D eigenvalue weighted by Crippen LogP contribution is -2.30. The third-order valence-corrected chi connectivity index (χ3v) is 2.29. The first-order valence-electron chi connectivity index (χ1n) is 4.87.